The van der Waals surface area contributed by atoms with E-state index in [1.165, 1.54) is 4.90 Å². The zero-order chi connectivity index (χ0) is 26.9. The molecular formula is C29H35N3O6. The minimum absolute atomic E-state index is 0.116. The Morgan fingerprint density at radius 3 is 2.50 bits per heavy atom. The number of carbonyl (C=O) groups is 3. The van der Waals surface area contributed by atoms with E-state index in [0.29, 0.717) is 43.7 Å². The van der Waals surface area contributed by atoms with Crippen LogP contribution in [0.15, 0.2) is 54.6 Å². The van der Waals surface area contributed by atoms with Crippen LogP contribution in [0.2, 0.25) is 0 Å². The summed E-state index contributed by atoms with van der Waals surface area (Å²) in [4.78, 5) is 43.0. The number of methoxy groups -OCH3 is 1. The van der Waals surface area contributed by atoms with E-state index in [2.05, 4.69) is 10.6 Å². The Hall–Kier alpha value is -3.43. The molecule has 3 fully saturated rings. The van der Waals surface area contributed by atoms with Gasteiger partial charge >= 0.3 is 0 Å². The van der Waals surface area contributed by atoms with Gasteiger partial charge in [0.05, 0.1) is 24.5 Å². The Bertz CT molecular complexity index is 1190. The fourth-order valence-electron chi connectivity index (χ4n) is 6.68. The van der Waals surface area contributed by atoms with Crippen LogP contribution in [0.4, 0.5) is 5.69 Å². The summed E-state index contributed by atoms with van der Waals surface area (Å²) in [5.41, 5.74) is -0.374. The van der Waals surface area contributed by atoms with Crippen LogP contribution >= 0.6 is 0 Å². The number of likely N-dealkylation sites (tertiary alicyclic amines) is 1. The Kier molecular flexibility index (Phi) is 7.15. The lowest BCUT2D eigenvalue weighted by molar-refractivity contribution is -0.146. The predicted molar refractivity (Wildman–Crippen MR) is 140 cm³/mol. The van der Waals surface area contributed by atoms with Crippen molar-refractivity contribution in [3.63, 3.8) is 0 Å². The first-order chi connectivity index (χ1) is 18.4. The number of ether oxygens (including phenoxy) is 2. The molecule has 1 spiro atoms. The molecule has 0 aromatic heterocycles. The lowest BCUT2D eigenvalue weighted by Crippen LogP contribution is -2.53. The average molecular weight is 522 g/mol. The third-order valence-corrected chi connectivity index (χ3v) is 8.44. The van der Waals surface area contributed by atoms with E-state index in [1.807, 2.05) is 37.3 Å². The summed E-state index contributed by atoms with van der Waals surface area (Å²) in [6.07, 6.45) is 1.99. The van der Waals surface area contributed by atoms with Gasteiger partial charge in [-0.2, -0.15) is 0 Å². The molecule has 5 atom stereocenters. The molecule has 3 saturated heterocycles. The molecule has 0 saturated carbocycles. The second-order valence-corrected chi connectivity index (χ2v) is 10.4. The Morgan fingerprint density at radius 2 is 1.84 bits per heavy atom. The quantitative estimate of drug-likeness (QED) is 0.442. The van der Waals surface area contributed by atoms with Gasteiger partial charge in [-0.3, -0.25) is 14.4 Å². The third kappa shape index (κ3) is 4.23. The molecule has 2 bridgehead atoms. The van der Waals surface area contributed by atoms with Gasteiger partial charge in [0, 0.05) is 25.4 Å². The van der Waals surface area contributed by atoms with Crippen molar-refractivity contribution in [2.24, 2.45) is 11.8 Å². The van der Waals surface area contributed by atoms with Crippen LogP contribution in [0.3, 0.4) is 0 Å². The molecule has 3 N–H and O–H groups in total. The van der Waals surface area contributed by atoms with Crippen LogP contribution < -0.4 is 15.4 Å². The normalized spacial score (nSPS) is 29.3. The van der Waals surface area contributed by atoms with Gasteiger partial charge in [-0.25, -0.2) is 0 Å². The van der Waals surface area contributed by atoms with Crippen molar-refractivity contribution in [1.82, 2.24) is 10.2 Å². The van der Waals surface area contributed by atoms with Crippen molar-refractivity contribution < 1.29 is 29.0 Å². The molecule has 38 heavy (non-hydrogen) atoms. The highest BCUT2D eigenvalue weighted by Crippen LogP contribution is 2.64. The zero-order valence-corrected chi connectivity index (χ0v) is 21.8. The van der Waals surface area contributed by atoms with Crippen LogP contribution in [-0.2, 0) is 25.7 Å². The lowest BCUT2D eigenvalue weighted by Gasteiger charge is -2.34. The van der Waals surface area contributed by atoms with E-state index < -0.39 is 29.1 Å². The minimum Gasteiger partial charge on any atom is -0.497 e. The molecule has 3 aliphatic heterocycles. The number of hydrogen-bond acceptors (Lipinski definition) is 6. The molecule has 9 heteroatoms. The van der Waals surface area contributed by atoms with E-state index in [0.717, 1.165) is 5.56 Å². The largest absolute Gasteiger partial charge is 0.497 e. The monoisotopic (exact) mass is 521 g/mol. The SMILES string of the molecule is CC[C@@]12CCC3(O1)C(C(=O)Nc1ccc(OC)cc1)N(CCCO)C(=O)[C@@H]3[C@@H]2C(=O)NCc1ccccc1. The van der Waals surface area contributed by atoms with Crippen molar-refractivity contribution in [3.8, 4) is 5.75 Å². The lowest BCUT2D eigenvalue weighted by atomic mass is 9.65. The molecule has 9 nitrogen and oxygen atoms in total. The van der Waals surface area contributed by atoms with Crippen molar-refractivity contribution in [1.29, 1.82) is 0 Å². The summed E-state index contributed by atoms with van der Waals surface area (Å²) in [6, 6.07) is 15.7. The van der Waals surface area contributed by atoms with Crippen LogP contribution in [0, 0.1) is 11.8 Å². The first kappa shape index (κ1) is 26.2. The van der Waals surface area contributed by atoms with Gasteiger partial charge in [-0.05, 0) is 55.5 Å². The van der Waals surface area contributed by atoms with Crippen LogP contribution in [-0.4, -0.2) is 65.2 Å². The fraction of sp³-hybridized carbons (Fsp3) is 0.483. The molecule has 202 valence electrons. The molecule has 3 heterocycles. The van der Waals surface area contributed by atoms with E-state index in [-0.39, 0.29) is 30.9 Å². The summed E-state index contributed by atoms with van der Waals surface area (Å²) in [6.45, 7) is 2.40. The number of aliphatic hydroxyl groups excluding tert-OH is 1. The Labute approximate surface area is 222 Å². The molecule has 2 unspecified atom stereocenters. The van der Waals surface area contributed by atoms with Gasteiger partial charge in [-0.15, -0.1) is 0 Å². The van der Waals surface area contributed by atoms with Gasteiger partial charge < -0.3 is 30.1 Å². The maximum absolute atomic E-state index is 14.0. The second-order valence-electron chi connectivity index (χ2n) is 10.4. The zero-order valence-electron chi connectivity index (χ0n) is 21.8. The van der Waals surface area contributed by atoms with E-state index in [4.69, 9.17) is 9.47 Å². The van der Waals surface area contributed by atoms with Crippen molar-refractivity contribution in [2.45, 2.75) is 56.4 Å². The summed E-state index contributed by atoms with van der Waals surface area (Å²) in [7, 11) is 1.57. The number of anilines is 1. The maximum atomic E-state index is 14.0. The number of benzene rings is 2. The number of fused-ring (bicyclic) bond motifs is 1. The second kappa shape index (κ2) is 10.4. The van der Waals surface area contributed by atoms with Crippen molar-refractivity contribution in [3.05, 3.63) is 60.2 Å². The maximum Gasteiger partial charge on any atom is 0.250 e. The number of rotatable bonds is 10. The molecule has 2 aromatic rings. The number of nitrogens with zero attached hydrogens (tertiary/aromatic N) is 1. The van der Waals surface area contributed by atoms with E-state index in [9.17, 15) is 19.5 Å². The van der Waals surface area contributed by atoms with Crippen LogP contribution in [0.25, 0.3) is 0 Å². The summed E-state index contributed by atoms with van der Waals surface area (Å²) in [5.74, 6) is -1.65. The van der Waals surface area contributed by atoms with Crippen LogP contribution in [0.1, 0.15) is 38.2 Å². The Balaban J connectivity index is 1.45. The highest BCUT2D eigenvalue weighted by atomic mass is 16.5. The van der Waals surface area contributed by atoms with Crippen molar-refractivity contribution >= 4 is 23.4 Å². The number of amides is 3. The summed E-state index contributed by atoms with van der Waals surface area (Å²) >= 11 is 0. The van der Waals surface area contributed by atoms with Gasteiger partial charge in [0.25, 0.3) is 0 Å². The Morgan fingerprint density at radius 1 is 1.11 bits per heavy atom. The molecular weight excluding hydrogens is 486 g/mol. The number of aliphatic hydroxyl groups is 1. The molecule has 0 radical (unpaired) electrons. The number of hydrogen-bond donors (Lipinski definition) is 3. The standard InChI is InChI=1S/C29H35N3O6/c1-3-28-14-15-29(38-28)23(22(28)25(34)30-18-19-8-5-4-6-9-19)27(36)32(16-7-17-33)24(29)26(35)31-20-10-12-21(37-2)13-11-20/h4-6,8-13,22-24,33H,3,7,14-18H2,1-2H3,(H,30,34)(H,31,35)/t22-,23+,24?,28+,29?/m1/s1. The molecule has 0 aliphatic carbocycles. The molecule has 3 aliphatic rings. The molecule has 3 amide bonds. The minimum atomic E-state index is -1.10. The topological polar surface area (TPSA) is 117 Å². The number of nitrogens with one attached hydrogen (secondary N) is 2. The summed E-state index contributed by atoms with van der Waals surface area (Å²) < 4.78 is 11.9. The van der Waals surface area contributed by atoms with E-state index in [1.54, 1.807) is 31.4 Å². The molecule has 2 aromatic carbocycles. The number of carbonyl (C=O) groups excluding carboxylic acids is 3. The fourth-order valence-corrected chi connectivity index (χ4v) is 6.68. The van der Waals surface area contributed by atoms with Gasteiger partial charge in [0.1, 0.15) is 17.4 Å². The van der Waals surface area contributed by atoms with Crippen LogP contribution in [0.5, 0.6) is 5.75 Å². The highest BCUT2D eigenvalue weighted by molar-refractivity contribution is 6.03. The first-order valence-corrected chi connectivity index (χ1v) is 13.3. The average Bonchev–Trinajstić information content (AvgIpc) is 3.55. The highest BCUT2D eigenvalue weighted by Gasteiger charge is 2.78. The van der Waals surface area contributed by atoms with Gasteiger partial charge in [0.2, 0.25) is 17.7 Å². The first-order valence-electron chi connectivity index (χ1n) is 13.3. The van der Waals surface area contributed by atoms with Gasteiger partial charge in [-0.1, -0.05) is 37.3 Å². The smallest absolute Gasteiger partial charge is 0.250 e. The third-order valence-electron chi connectivity index (χ3n) is 8.44. The molecule has 5 rings (SSSR count). The van der Waals surface area contributed by atoms with Crippen molar-refractivity contribution in [2.75, 3.05) is 25.6 Å². The predicted octanol–water partition coefficient (Wildman–Crippen LogP) is 2.49. The summed E-state index contributed by atoms with van der Waals surface area (Å²) in [5, 5.41) is 15.5. The van der Waals surface area contributed by atoms with E-state index >= 15 is 0 Å². The van der Waals surface area contributed by atoms with Gasteiger partial charge in [0.15, 0.2) is 0 Å².